The Morgan fingerprint density at radius 2 is 2.00 bits per heavy atom. The van der Waals surface area contributed by atoms with E-state index in [0.29, 0.717) is 13.1 Å². The number of halogens is 3. The van der Waals surface area contributed by atoms with Gasteiger partial charge in [-0.15, -0.1) is 0 Å². The monoisotopic (exact) mass is 333 g/mol. The van der Waals surface area contributed by atoms with Gasteiger partial charge in [0.25, 0.3) is 0 Å². The lowest BCUT2D eigenvalue weighted by Crippen LogP contribution is -2.46. The molecule has 0 N–H and O–H groups in total. The highest BCUT2D eigenvalue weighted by molar-refractivity contribution is 5.90. The van der Waals surface area contributed by atoms with Crippen LogP contribution in [0.3, 0.4) is 0 Å². The molecule has 0 saturated carbocycles. The van der Waals surface area contributed by atoms with Gasteiger partial charge < -0.3 is 14.4 Å². The fourth-order valence-electron chi connectivity index (χ4n) is 2.44. The van der Waals surface area contributed by atoms with Crippen molar-refractivity contribution < 1.29 is 27.4 Å². The van der Waals surface area contributed by atoms with Gasteiger partial charge in [0.1, 0.15) is 5.56 Å². The zero-order valence-corrected chi connectivity index (χ0v) is 13.1. The summed E-state index contributed by atoms with van der Waals surface area (Å²) in [7, 11) is 0. The molecule has 2 heterocycles. The largest absolute Gasteiger partial charge is 0.462 e. The summed E-state index contributed by atoms with van der Waals surface area (Å²) in [5.41, 5.74) is -1.97. The van der Waals surface area contributed by atoms with Crippen molar-refractivity contribution in [1.82, 2.24) is 9.97 Å². The first kappa shape index (κ1) is 17.5. The molecule has 1 aromatic heterocycles. The first-order valence-corrected chi connectivity index (χ1v) is 7.24. The van der Waals surface area contributed by atoms with E-state index >= 15 is 0 Å². The first-order valence-electron chi connectivity index (χ1n) is 7.24. The molecule has 1 aromatic rings. The van der Waals surface area contributed by atoms with Crippen molar-refractivity contribution in [3.8, 4) is 0 Å². The van der Waals surface area contributed by atoms with Crippen LogP contribution < -0.4 is 4.90 Å². The lowest BCUT2D eigenvalue weighted by atomic mass is 10.2. The number of anilines is 1. The summed E-state index contributed by atoms with van der Waals surface area (Å²) in [6.45, 7) is 5.87. The van der Waals surface area contributed by atoms with Crippen molar-refractivity contribution in [2.75, 3.05) is 24.6 Å². The molecule has 1 fully saturated rings. The lowest BCUT2D eigenvalue weighted by Gasteiger charge is -2.35. The molecule has 0 radical (unpaired) electrons. The minimum absolute atomic E-state index is 0.0314. The maximum atomic E-state index is 13.2. The third kappa shape index (κ3) is 4.10. The van der Waals surface area contributed by atoms with E-state index in [2.05, 4.69) is 14.7 Å². The average Bonchev–Trinajstić information content (AvgIpc) is 2.45. The van der Waals surface area contributed by atoms with Gasteiger partial charge in [-0.25, -0.2) is 14.8 Å². The molecule has 1 saturated heterocycles. The SMILES string of the molecule is CCOC(=O)c1cnc(N2C[C@H](C)O[C@@H](C)C2)nc1C(F)(F)F. The number of alkyl halides is 3. The van der Waals surface area contributed by atoms with Crippen LogP contribution >= 0.6 is 0 Å². The molecule has 1 aliphatic heterocycles. The van der Waals surface area contributed by atoms with Gasteiger partial charge in [0.15, 0.2) is 5.69 Å². The van der Waals surface area contributed by atoms with Crippen LogP contribution in [-0.4, -0.2) is 47.8 Å². The van der Waals surface area contributed by atoms with Gasteiger partial charge in [0.05, 0.1) is 18.8 Å². The molecule has 1 aliphatic rings. The summed E-state index contributed by atoms with van der Waals surface area (Å²) in [5.74, 6) is -1.16. The van der Waals surface area contributed by atoms with E-state index in [-0.39, 0.29) is 24.8 Å². The molecule has 23 heavy (non-hydrogen) atoms. The molecular weight excluding hydrogens is 315 g/mol. The number of hydrogen-bond donors (Lipinski definition) is 0. The Bertz CT molecular complexity index is 570. The summed E-state index contributed by atoms with van der Waals surface area (Å²) in [6.07, 6.45) is -4.21. The molecule has 0 aliphatic carbocycles. The zero-order chi connectivity index (χ0) is 17.2. The summed E-state index contributed by atoms with van der Waals surface area (Å²) in [6, 6.07) is 0. The van der Waals surface area contributed by atoms with E-state index in [1.54, 1.807) is 4.90 Å². The van der Waals surface area contributed by atoms with Crippen molar-refractivity contribution >= 4 is 11.9 Å². The fourth-order valence-corrected chi connectivity index (χ4v) is 2.44. The van der Waals surface area contributed by atoms with Crippen LogP contribution in [0, 0.1) is 0 Å². The van der Waals surface area contributed by atoms with E-state index < -0.39 is 23.4 Å². The number of carbonyl (C=O) groups is 1. The topological polar surface area (TPSA) is 64.5 Å². The van der Waals surface area contributed by atoms with E-state index in [1.165, 1.54) is 6.92 Å². The predicted octanol–water partition coefficient (Wildman–Crippen LogP) is 2.29. The number of esters is 1. The fraction of sp³-hybridized carbons (Fsp3) is 0.643. The van der Waals surface area contributed by atoms with Gasteiger partial charge in [-0.05, 0) is 20.8 Å². The molecule has 6 nitrogen and oxygen atoms in total. The van der Waals surface area contributed by atoms with Gasteiger partial charge in [0.2, 0.25) is 5.95 Å². The van der Waals surface area contributed by atoms with Gasteiger partial charge in [-0.2, -0.15) is 13.2 Å². The van der Waals surface area contributed by atoms with Crippen molar-refractivity contribution in [1.29, 1.82) is 0 Å². The number of nitrogens with zero attached hydrogens (tertiary/aromatic N) is 3. The molecule has 0 amide bonds. The van der Waals surface area contributed by atoms with Crippen LogP contribution in [0.1, 0.15) is 36.8 Å². The number of ether oxygens (including phenoxy) is 2. The molecule has 9 heteroatoms. The maximum absolute atomic E-state index is 13.2. The Labute approximate surface area is 131 Å². The third-order valence-electron chi connectivity index (χ3n) is 3.24. The number of carbonyl (C=O) groups excluding carboxylic acids is 1. The smallest absolute Gasteiger partial charge is 0.434 e. The van der Waals surface area contributed by atoms with Gasteiger partial charge in [-0.1, -0.05) is 0 Å². The lowest BCUT2D eigenvalue weighted by molar-refractivity contribution is -0.141. The standard InChI is InChI=1S/C14H18F3N3O3/c1-4-22-12(21)10-5-18-13(19-11(10)14(15,16)17)20-6-8(2)23-9(3)7-20/h5,8-9H,4,6-7H2,1-3H3/t8-,9-/m0/s1. The Balaban J connectivity index is 2.38. The highest BCUT2D eigenvalue weighted by Gasteiger charge is 2.39. The number of rotatable bonds is 3. The van der Waals surface area contributed by atoms with Crippen LogP contribution in [0.2, 0.25) is 0 Å². The molecule has 0 aromatic carbocycles. The minimum atomic E-state index is -4.77. The van der Waals surface area contributed by atoms with Crippen molar-refractivity contribution in [2.45, 2.75) is 39.2 Å². The maximum Gasteiger partial charge on any atom is 0.434 e. The number of hydrogen-bond acceptors (Lipinski definition) is 6. The number of morpholine rings is 1. The predicted molar refractivity (Wildman–Crippen MR) is 75.2 cm³/mol. The van der Waals surface area contributed by atoms with Gasteiger partial charge >= 0.3 is 12.1 Å². The average molecular weight is 333 g/mol. The molecule has 128 valence electrons. The second-order valence-electron chi connectivity index (χ2n) is 5.31. The molecule has 2 atom stereocenters. The normalized spacial score (nSPS) is 22.1. The summed E-state index contributed by atoms with van der Waals surface area (Å²) in [5, 5.41) is 0. The minimum Gasteiger partial charge on any atom is -0.462 e. The van der Waals surface area contributed by atoms with Crippen LogP contribution in [-0.2, 0) is 15.7 Å². The zero-order valence-electron chi connectivity index (χ0n) is 13.1. The van der Waals surface area contributed by atoms with Crippen LogP contribution in [0.25, 0.3) is 0 Å². The second-order valence-corrected chi connectivity index (χ2v) is 5.31. The van der Waals surface area contributed by atoms with Crippen LogP contribution in [0.15, 0.2) is 6.20 Å². The Morgan fingerprint density at radius 3 is 2.52 bits per heavy atom. The summed E-state index contributed by atoms with van der Waals surface area (Å²) in [4.78, 5) is 20.8. The summed E-state index contributed by atoms with van der Waals surface area (Å²) >= 11 is 0. The quantitative estimate of drug-likeness (QED) is 0.791. The van der Waals surface area contributed by atoms with E-state index in [0.717, 1.165) is 6.20 Å². The first-order chi connectivity index (χ1) is 10.7. The Morgan fingerprint density at radius 1 is 1.39 bits per heavy atom. The molecular formula is C14H18F3N3O3. The van der Waals surface area contributed by atoms with Crippen molar-refractivity contribution in [3.05, 3.63) is 17.5 Å². The Kier molecular flexibility index (Phi) is 5.08. The third-order valence-corrected chi connectivity index (χ3v) is 3.24. The van der Waals surface area contributed by atoms with E-state index in [9.17, 15) is 18.0 Å². The van der Waals surface area contributed by atoms with Crippen LogP contribution in [0.5, 0.6) is 0 Å². The summed E-state index contributed by atoms with van der Waals surface area (Å²) < 4.78 is 49.8. The molecule has 0 unspecified atom stereocenters. The van der Waals surface area contributed by atoms with Crippen molar-refractivity contribution in [3.63, 3.8) is 0 Å². The highest BCUT2D eigenvalue weighted by atomic mass is 19.4. The van der Waals surface area contributed by atoms with E-state index in [4.69, 9.17) is 4.74 Å². The highest BCUT2D eigenvalue weighted by Crippen LogP contribution is 2.32. The molecule has 0 bridgehead atoms. The van der Waals surface area contributed by atoms with E-state index in [1.807, 2.05) is 13.8 Å². The van der Waals surface area contributed by atoms with Gasteiger partial charge in [-0.3, -0.25) is 0 Å². The molecule has 2 rings (SSSR count). The number of aromatic nitrogens is 2. The molecule has 0 spiro atoms. The Hall–Kier alpha value is -1.90. The second kappa shape index (κ2) is 6.69. The van der Waals surface area contributed by atoms with Gasteiger partial charge in [0, 0.05) is 19.3 Å². The van der Waals surface area contributed by atoms with Crippen LogP contribution in [0.4, 0.5) is 19.1 Å². The van der Waals surface area contributed by atoms with Crippen molar-refractivity contribution in [2.24, 2.45) is 0 Å².